The van der Waals surface area contributed by atoms with E-state index in [9.17, 15) is 19.3 Å². The molecule has 0 aromatic rings. The molecule has 2 fully saturated rings. The van der Waals surface area contributed by atoms with E-state index in [4.69, 9.17) is 14.5 Å². The van der Waals surface area contributed by atoms with Gasteiger partial charge in [-0.15, -0.1) is 0 Å². The maximum absolute atomic E-state index is 11.7. The van der Waals surface area contributed by atoms with Gasteiger partial charge in [-0.2, -0.15) is 0 Å². The topological polar surface area (TPSA) is 170 Å². The first-order chi connectivity index (χ1) is 10.7. The maximum Gasteiger partial charge on any atom is 0.469 e. The molecule has 0 aromatic carbocycles. The lowest BCUT2D eigenvalue weighted by atomic mass is 10.1. The van der Waals surface area contributed by atoms with Gasteiger partial charge >= 0.3 is 13.9 Å². The number of amides is 3. The van der Waals surface area contributed by atoms with Gasteiger partial charge in [-0.3, -0.25) is 19.6 Å². The monoisotopic (exact) mass is 350 g/mol. The van der Waals surface area contributed by atoms with Crippen molar-refractivity contribution in [2.45, 2.75) is 37.1 Å². The van der Waals surface area contributed by atoms with Crippen LogP contribution in [0.3, 0.4) is 0 Å². The average molecular weight is 350 g/mol. The third-order valence-corrected chi connectivity index (χ3v) is 4.19. The van der Waals surface area contributed by atoms with Gasteiger partial charge in [0, 0.05) is 6.42 Å². The molecule has 0 aliphatic carbocycles. The van der Waals surface area contributed by atoms with E-state index in [1.807, 2.05) is 0 Å². The molecule has 3 aliphatic heterocycles. The number of phosphoric ester groups is 1. The Balaban J connectivity index is 1.64. The summed E-state index contributed by atoms with van der Waals surface area (Å²) in [4.78, 5) is 45.9. The summed E-state index contributed by atoms with van der Waals surface area (Å²) >= 11 is 0. The summed E-state index contributed by atoms with van der Waals surface area (Å²) in [6.45, 7) is -0.492. The number of aliphatic hydroxyl groups excluding tert-OH is 1. The second kappa shape index (κ2) is 5.82. The van der Waals surface area contributed by atoms with Crippen molar-refractivity contribution >= 4 is 26.1 Å². The van der Waals surface area contributed by atoms with Crippen molar-refractivity contribution in [2.24, 2.45) is 4.99 Å². The van der Waals surface area contributed by atoms with Crippen molar-refractivity contribution in [2.75, 3.05) is 6.61 Å². The van der Waals surface area contributed by atoms with Crippen LogP contribution in [0.25, 0.3) is 0 Å². The first-order valence-electron chi connectivity index (χ1n) is 6.70. The number of carbonyl (C=O) groups excluding carboxylic acids is 2. The fourth-order valence-electron chi connectivity index (χ4n) is 2.66. The van der Waals surface area contributed by atoms with Crippen LogP contribution in [0.5, 0.6) is 0 Å². The highest BCUT2D eigenvalue weighted by atomic mass is 31.2. The number of carbonyl (C=O) groups is 2. The summed E-state index contributed by atoms with van der Waals surface area (Å²) in [5.74, 6) is -0.544. The van der Waals surface area contributed by atoms with Gasteiger partial charge in [0.1, 0.15) is 18.5 Å². The van der Waals surface area contributed by atoms with Crippen molar-refractivity contribution in [3.8, 4) is 0 Å². The molecule has 3 amide bonds. The van der Waals surface area contributed by atoms with Gasteiger partial charge in [-0.25, -0.2) is 9.36 Å². The highest BCUT2D eigenvalue weighted by Gasteiger charge is 2.47. The third kappa shape index (κ3) is 3.37. The van der Waals surface area contributed by atoms with Crippen molar-refractivity contribution in [3.05, 3.63) is 0 Å². The van der Waals surface area contributed by atoms with E-state index < -0.39 is 57.0 Å². The summed E-state index contributed by atoms with van der Waals surface area (Å²) < 4.78 is 20.5. The van der Waals surface area contributed by atoms with Crippen molar-refractivity contribution in [1.29, 1.82) is 0 Å². The molecule has 3 heterocycles. The zero-order valence-electron chi connectivity index (χ0n) is 11.6. The first-order valence-corrected chi connectivity index (χ1v) is 8.23. The maximum atomic E-state index is 11.7. The molecule has 5 N–H and O–H groups in total. The molecule has 0 bridgehead atoms. The highest BCUT2D eigenvalue weighted by Crippen LogP contribution is 2.37. The highest BCUT2D eigenvalue weighted by molar-refractivity contribution is 7.46. The van der Waals surface area contributed by atoms with Gasteiger partial charge in [0.05, 0.1) is 19.0 Å². The number of rotatable bonds is 4. The van der Waals surface area contributed by atoms with Crippen LogP contribution in [0.15, 0.2) is 4.99 Å². The third-order valence-electron chi connectivity index (χ3n) is 3.71. The molecule has 23 heavy (non-hydrogen) atoms. The van der Waals surface area contributed by atoms with Crippen LogP contribution in [0.1, 0.15) is 6.42 Å². The quantitative estimate of drug-likeness (QED) is 0.342. The van der Waals surface area contributed by atoms with Gasteiger partial charge in [0.2, 0.25) is 0 Å². The van der Waals surface area contributed by atoms with Gasteiger partial charge < -0.3 is 29.8 Å². The van der Waals surface area contributed by atoms with Gasteiger partial charge in [-0.05, 0) is 0 Å². The summed E-state index contributed by atoms with van der Waals surface area (Å²) in [5, 5.41) is 14.5. The lowest BCUT2D eigenvalue weighted by Crippen LogP contribution is -2.64. The number of urea groups is 1. The molecular weight excluding hydrogens is 335 g/mol. The number of aliphatic hydroxyl groups is 1. The Morgan fingerprint density at radius 3 is 2.91 bits per heavy atom. The zero-order valence-corrected chi connectivity index (χ0v) is 12.5. The molecule has 5 atom stereocenters. The second-order valence-corrected chi connectivity index (χ2v) is 6.52. The summed E-state index contributed by atoms with van der Waals surface area (Å²) in [6, 6.07) is -1.48. The number of ether oxygens (including phenoxy) is 1. The molecule has 3 rings (SSSR count). The van der Waals surface area contributed by atoms with Crippen LogP contribution in [0.4, 0.5) is 4.79 Å². The number of fused-ring (bicyclic) bond motifs is 1. The minimum absolute atomic E-state index is 0.0991. The largest absolute Gasteiger partial charge is 0.469 e. The van der Waals surface area contributed by atoms with E-state index in [2.05, 4.69) is 20.1 Å². The molecule has 0 radical (unpaired) electrons. The minimum atomic E-state index is -4.67. The Hall–Kier alpha value is -1.56. The number of hydrogen-bond donors (Lipinski definition) is 5. The minimum Gasteiger partial charge on any atom is -0.390 e. The average Bonchev–Trinajstić information content (AvgIpc) is 2.99. The van der Waals surface area contributed by atoms with Crippen LogP contribution < -0.4 is 10.6 Å². The Morgan fingerprint density at radius 2 is 2.22 bits per heavy atom. The number of nitrogens with zero attached hydrogens (tertiary/aromatic N) is 2. The standard InChI is InChI=1S/C10H15N4O8P/c15-4-1-6(22-5(4)2-21-23(18,19)20)14-3-11-7-8(14)12-10(17)13-9(7)16/h3-8,15H,1-2H2,(H2,18,19,20)(H2,12,13,16,17)/t4-,5+,6+,7?,8?/m0/s1. The van der Waals surface area contributed by atoms with Gasteiger partial charge in [0.15, 0.2) is 6.04 Å². The summed E-state index contributed by atoms with van der Waals surface area (Å²) in [6.07, 6.45) is -2.00. The molecular formula is C10H15N4O8P. The van der Waals surface area contributed by atoms with E-state index in [0.717, 1.165) is 0 Å². The van der Waals surface area contributed by atoms with E-state index in [-0.39, 0.29) is 6.42 Å². The SMILES string of the molecule is O=C1NC(=O)C2N=CN([C@H]3C[C@H](O)[C@@H](COP(=O)(O)O)O3)C2N1. The molecule has 0 aromatic heterocycles. The smallest absolute Gasteiger partial charge is 0.390 e. The predicted molar refractivity (Wildman–Crippen MR) is 71.9 cm³/mol. The molecule has 2 unspecified atom stereocenters. The number of aliphatic imine (C=N–C) groups is 1. The van der Waals surface area contributed by atoms with E-state index in [1.165, 1.54) is 11.2 Å². The van der Waals surface area contributed by atoms with Crippen molar-refractivity contribution in [1.82, 2.24) is 15.5 Å². The predicted octanol–water partition coefficient (Wildman–Crippen LogP) is -2.55. The van der Waals surface area contributed by atoms with Crippen LogP contribution >= 0.6 is 7.82 Å². The van der Waals surface area contributed by atoms with Crippen LogP contribution in [0, 0.1) is 0 Å². The molecule has 3 aliphatic rings. The van der Waals surface area contributed by atoms with Crippen LogP contribution in [-0.2, 0) is 18.6 Å². The molecule has 2 saturated heterocycles. The lowest BCUT2D eigenvalue weighted by molar-refractivity contribution is -0.124. The fourth-order valence-corrected chi connectivity index (χ4v) is 3.00. The number of hydrogen-bond acceptors (Lipinski definition) is 8. The van der Waals surface area contributed by atoms with Crippen LogP contribution in [0.2, 0.25) is 0 Å². The van der Waals surface area contributed by atoms with Crippen LogP contribution in [-0.4, -0.2) is 75.3 Å². The molecule has 0 spiro atoms. The summed E-state index contributed by atoms with van der Waals surface area (Å²) in [5.41, 5.74) is 0. The van der Waals surface area contributed by atoms with E-state index in [0.29, 0.717) is 0 Å². The number of imide groups is 1. The Bertz CT molecular complexity index is 593. The van der Waals surface area contributed by atoms with Gasteiger partial charge in [-0.1, -0.05) is 0 Å². The summed E-state index contributed by atoms with van der Waals surface area (Å²) in [7, 11) is -4.67. The normalized spacial score (nSPS) is 36.8. The molecule has 0 saturated carbocycles. The second-order valence-electron chi connectivity index (χ2n) is 5.28. The number of nitrogens with one attached hydrogen (secondary N) is 2. The Kier molecular flexibility index (Phi) is 4.12. The molecule has 13 heteroatoms. The number of phosphoric acid groups is 1. The van der Waals surface area contributed by atoms with Crippen molar-refractivity contribution < 1.29 is 38.3 Å². The molecule has 128 valence electrons. The fraction of sp³-hybridized carbons (Fsp3) is 0.700. The first kappa shape index (κ1) is 16.3. The Labute approximate surface area is 129 Å². The van der Waals surface area contributed by atoms with E-state index in [1.54, 1.807) is 0 Å². The zero-order chi connectivity index (χ0) is 16.8. The lowest BCUT2D eigenvalue weighted by Gasteiger charge is -2.34. The van der Waals surface area contributed by atoms with E-state index >= 15 is 0 Å². The molecule has 12 nitrogen and oxygen atoms in total. The van der Waals surface area contributed by atoms with Gasteiger partial charge in [0.25, 0.3) is 5.91 Å². The van der Waals surface area contributed by atoms with Crippen molar-refractivity contribution in [3.63, 3.8) is 0 Å². The Morgan fingerprint density at radius 1 is 1.48 bits per heavy atom.